The SMILES string of the molecule is Cn1cc(-c2ccccc2)nc1-c1ccccn1. The summed E-state index contributed by atoms with van der Waals surface area (Å²) < 4.78 is 2.00. The third-order valence-corrected chi connectivity index (χ3v) is 2.84. The fourth-order valence-electron chi connectivity index (χ4n) is 1.95. The molecule has 0 aliphatic carbocycles. The zero-order valence-electron chi connectivity index (χ0n) is 10.1. The van der Waals surface area contributed by atoms with E-state index in [2.05, 4.69) is 22.1 Å². The van der Waals surface area contributed by atoms with Crippen LogP contribution in [-0.2, 0) is 7.05 Å². The average Bonchev–Trinajstić information content (AvgIpc) is 2.83. The first kappa shape index (κ1) is 10.7. The second kappa shape index (κ2) is 4.45. The minimum Gasteiger partial charge on any atom is -0.332 e. The molecule has 0 saturated carbocycles. The van der Waals surface area contributed by atoms with Gasteiger partial charge in [0.1, 0.15) is 5.69 Å². The molecule has 0 aliphatic rings. The second-order valence-corrected chi connectivity index (χ2v) is 4.14. The molecular formula is C15H13N3. The Kier molecular flexibility index (Phi) is 2.65. The molecule has 0 N–H and O–H groups in total. The molecule has 0 amide bonds. The lowest BCUT2D eigenvalue weighted by Crippen LogP contribution is -1.92. The predicted molar refractivity (Wildman–Crippen MR) is 71.9 cm³/mol. The quantitative estimate of drug-likeness (QED) is 0.683. The van der Waals surface area contributed by atoms with Gasteiger partial charge in [0.15, 0.2) is 5.82 Å². The monoisotopic (exact) mass is 235 g/mol. The Morgan fingerprint density at radius 1 is 0.889 bits per heavy atom. The van der Waals surface area contributed by atoms with Crippen molar-refractivity contribution >= 4 is 0 Å². The first-order valence-electron chi connectivity index (χ1n) is 5.85. The van der Waals surface area contributed by atoms with Gasteiger partial charge >= 0.3 is 0 Å². The van der Waals surface area contributed by atoms with Crippen LogP contribution < -0.4 is 0 Å². The van der Waals surface area contributed by atoms with Crippen molar-refractivity contribution in [3.05, 3.63) is 60.9 Å². The largest absolute Gasteiger partial charge is 0.332 e. The zero-order valence-corrected chi connectivity index (χ0v) is 10.1. The molecule has 0 unspecified atom stereocenters. The topological polar surface area (TPSA) is 30.7 Å². The molecule has 0 fully saturated rings. The lowest BCUT2D eigenvalue weighted by molar-refractivity contribution is 0.918. The average molecular weight is 235 g/mol. The summed E-state index contributed by atoms with van der Waals surface area (Å²) in [4.78, 5) is 8.98. The van der Waals surface area contributed by atoms with E-state index in [9.17, 15) is 0 Å². The number of imidazole rings is 1. The van der Waals surface area contributed by atoms with Crippen LogP contribution in [0.1, 0.15) is 0 Å². The summed E-state index contributed by atoms with van der Waals surface area (Å²) in [6.45, 7) is 0. The van der Waals surface area contributed by atoms with Crippen LogP contribution in [0.3, 0.4) is 0 Å². The Bertz CT molecular complexity index is 642. The van der Waals surface area contributed by atoms with Crippen molar-refractivity contribution in [2.45, 2.75) is 0 Å². The standard InChI is InChI=1S/C15H13N3/c1-18-11-14(12-7-3-2-4-8-12)17-15(18)13-9-5-6-10-16-13/h2-11H,1H3. The zero-order chi connectivity index (χ0) is 12.4. The van der Waals surface area contributed by atoms with E-state index < -0.39 is 0 Å². The summed E-state index contributed by atoms with van der Waals surface area (Å²) in [5, 5.41) is 0. The molecule has 18 heavy (non-hydrogen) atoms. The Labute approximate surface area is 106 Å². The Morgan fingerprint density at radius 2 is 1.67 bits per heavy atom. The number of aromatic nitrogens is 3. The van der Waals surface area contributed by atoms with Gasteiger partial charge in [-0.15, -0.1) is 0 Å². The molecule has 0 atom stereocenters. The van der Waals surface area contributed by atoms with E-state index in [0.29, 0.717) is 0 Å². The Hall–Kier alpha value is -2.42. The summed E-state index contributed by atoms with van der Waals surface area (Å²) >= 11 is 0. The lowest BCUT2D eigenvalue weighted by Gasteiger charge is -1.98. The number of nitrogens with zero attached hydrogens (tertiary/aromatic N) is 3. The summed E-state index contributed by atoms with van der Waals surface area (Å²) in [5.74, 6) is 0.884. The molecule has 0 bridgehead atoms. The maximum Gasteiger partial charge on any atom is 0.159 e. The van der Waals surface area contributed by atoms with E-state index in [0.717, 1.165) is 22.8 Å². The van der Waals surface area contributed by atoms with Crippen molar-refractivity contribution in [1.29, 1.82) is 0 Å². The van der Waals surface area contributed by atoms with Gasteiger partial charge in [0.25, 0.3) is 0 Å². The van der Waals surface area contributed by atoms with Crippen molar-refractivity contribution < 1.29 is 0 Å². The maximum atomic E-state index is 4.65. The van der Waals surface area contributed by atoms with Crippen molar-refractivity contribution in [3.8, 4) is 22.8 Å². The number of benzene rings is 1. The highest BCUT2D eigenvalue weighted by Gasteiger charge is 2.09. The van der Waals surface area contributed by atoms with Gasteiger partial charge in [-0.25, -0.2) is 4.98 Å². The van der Waals surface area contributed by atoms with Gasteiger partial charge in [0.2, 0.25) is 0 Å². The van der Waals surface area contributed by atoms with Gasteiger partial charge in [-0.3, -0.25) is 4.98 Å². The fourth-order valence-corrected chi connectivity index (χ4v) is 1.95. The number of aryl methyl sites for hydroxylation is 1. The van der Waals surface area contributed by atoms with Crippen LogP contribution in [0.4, 0.5) is 0 Å². The van der Waals surface area contributed by atoms with Crippen LogP contribution in [0.15, 0.2) is 60.9 Å². The smallest absolute Gasteiger partial charge is 0.159 e. The van der Waals surface area contributed by atoms with Crippen molar-refractivity contribution in [2.24, 2.45) is 7.05 Å². The molecule has 0 radical (unpaired) electrons. The number of hydrogen-bond acceptors (Lipinski definition) is 2. The second-order valence-electron chi connectivity index (χ2n) is 4.14. The van der Waals surface area contributed by atoms with Crippen molar-refractivity contribution in [3.63, 3.8) is 0 Å². The number of hydrogen-bond donors (Lipinski definition) is 0. The molecule has 2 heterocycles. The minimum atomic E-state index is 0.884. The molecule has 3 nitrogen and oxygen atoms in total. The van der Waals surface area contributed by atoms with Crippen LogP contribution in [-0.4, -0.2) is 14.5 Å². The van der Waals surface area contributed by atoms with Crippen molar-refractivity contribution in [2.75, 3.05) is 0 Å². The maximum absolute atomic E-state index is 4.65. The molecule has 3 heteroatoms. The van der Waals surface area contributed by atoms with Gasteiger partial charge < -0.3 is 4.57 Å². The molecule has 0 aliphatic heterocycles. The minimum absolute atomic E-state index is 0.884. The van der Waals surface area contributed by atoms with E-state index in [1.54, 1.807) is 6.20 Å². The Morgan fingerprint density at radius 3 is 2.39 bits per heavy atom. The number of rotatable bonds is 2. The van der Waals surface area contributed by atoms with Gasteiger partial charge in [-0.05, 0) is 12.1 Å². The summed E-state index contributed by atoms with van der Waals surface area (Å²) in [6.07, 6.45) is 3.81. The molecular weight excluding hydrogens is 222 g/mol. The highest BCUT2D eigenvalue weighted by Crippen LogP contribution is 2.22. The first-order valence-corrected chi connectivity index (χ1v) is 5.85. The van der Waals surface area contributed by atoms with Gasteiger partial charge in [-0.1, -0.05) is 36.4 Å². The third kappa shape index (κ3) is 1.91. The van der Waals surface area contributed by atoms with Gasteiger partial charge in [0, 0.05) is 25.0 Å². The molecule has 88 valence electrons. The predicted octanol–water partition coefficient (Wildman–Crippen LogP) is 3.15. The van der Waals surface area contributed by atoms with Gasteiger partial charge in [-0.2, -0.15) is 0 Å². The van der Waals surface area contributed by atoms with E-state index in [1.807, 2.05) is 54.2 Å². The lowest BCUT2D eigenvalue weighted by atomic mass is 10.2. The normalized spacial score (nSPS) is 10.5. The summed E-state index contributed by atoms with van der Waals surface area (Å²) in [5.41, 5.74) is 2.98. The molecule has 1 aromatic carbocycles. The first-order chi connectivity index (χ1) is 8.84. The number of pyridine rings is 1. The summed E-state index contributed by atoms with van der Waals surface area (Å²) in [7, 11) is 1.99. The molecule has 0 saturated heterocycles. The highest BCUT2D eigenvalue weighted by molar-refractivity contribution is 5.63. The molecule has 3 rings (SSSR count). The third-order valence-electron chi connectivity index (χ3n) is 2.84. The Balaban J connectivity index is 2.07. The van der Waals surface area contributed by atoms with E-state index in [-0.39, 0.29) is 0 Å². The van der Waals surface area contributed by atoms with E-state index in [4.69, 9.17) is 0 Å². The van der Waals surface area contributed by atoms with Crippen LogP contribution in [0, 0.1) is 0 Å². The summed E-state index contributed by atoms with van der Waals surface area (Å²) in [6, 6.07) is 16.0. The van der Waals surface area contributed by atoms with Crippen LogP contribution in [0.5, 0.6) is 0 Å². The van der Waals surface area contributed by atoms with Crippen LogP contribution >= 0.6 is 0 Å². The van der Waals surface area contributed by atoms with E-state index in [1.165, 1.54) is 0 Å². The van der Waals surface area contributed by atoms with Crippen LogP contribution in [0.2, 0.25) is 0 Å². The molecule has 0 spiro atoms. The van der Waals surface area contributed by atoms with Gasteiger partial charge in [0.05, 0.1) is 5.69 Å². The fraction of sp³-hybridized carbons (Fsp3) is 0.0667. The van der Waals surface area contributed by atoms with E-state index >= 15 is 0 Å². The van der Waals surface area contributed by atoms with Crippen LogP contribution in [0.25, 0.3) is 22.8 Å². The highest BCUT2D eigenvalue weighted by atomic mass is 15.1. The van der Waals surface area contributed by atoms with Crippen molar-refractivity contribution in [1.82, 2.24) is 14.5 Å². The molecule has 2 aromatic heterocycles. The molecule has 3 aromatic rings.